The first-order valence-electron chi connectivity index (χ1n) is 6.36. The molecule has 0 aliphatic heterocycles. The number of rotatable bonds is 6. The van der Waals surface area contributed by atoms with E-state index in [1.807, 2.05) is 18.7 Å². The quantitative estimate of drug-likeness (QED) is 0.749. The van der Waals surface area contributed by atoms with Crippen molar-refractivity contribution in [2.45, 2.75) is 46.6 Å². The summed E-state index contributed by atoms with van der Waals surface area (Å²) in [6, 6.07) is 0.262. The first kappa shape index (κ1) is 15.4. The predicted molar refractivity (Wildman–Crippen MR) is 77.7 cm³/mol. The fourth-order valence-electron chi connectivity index (χ4n) is 2.13. The van der Waals surface area contributed by atoms with Crippen molar-refractivity contribution >= 4 is 28.8 Å². The molecule has 0 radical (unpaired) electrons. The second-order valence-electron chi connectivity index (χ2n) is 4.31. The predicted octanol–water partition coefficient (Wildman–Crippen LogP) is 3.63. The summed E-state index contributed by atoms with van der Waals surface area (Å²) in [5.41, 5.74) is 0.827. The number of halogens is 1. The maximum atomic E-state index is 12.6. The van der Waals surface area contributed by atoms with Gasteiger partial charge < -0.3 is 4.90 Å². The Morgan fingerprint density at radius 3 is 2.39 bits per heavy atom. The van der Waals surface area contributed by atoms with Crippen LogP contribution in [0.5, 0.6) is 0 Å². The average Bonchev–Trinajstić information content (AvgIpc) is 2.68. The molecule has 0 aliphatic rings. The average molecular weight is 289 g/mol. The fraction of sp³-hybridized carbons (Fsp3) is 0.692. The van der Waals surface area contributed by atoms with Gasteiger partial charge in [0.15, 0.2) is 0 Å². The Morgan fingerprint density at radius 1 is 1.39 bits per heavy atom. The number of carbonyl (C=O) groups excluding carboxylic acids is 1. The Morgan fingerprint density at radius 2 is 2.00 bits per heavy atom. The molecule has 0 spiro atoms. The molecule has 0 bridgehead atoms. The molecule has 0 aromatic carbocycles. The summed E-state index contributed by atoms with van der Waals surface area (Å²) in [5, 5.41) is 0.936. The van der Waals surface area contributed by atoms with Crippen LogP contribution in [0.2, 0.25) is 0 Å². The molecule has 1 heterocycles. The van der Waals surface area contributed by atoms with Crippen molar-refractivity contribution in [1.82, 2.24) is 9.88 Å². The maximum absolute atomic E-state index is 12.6. The minimum Gasteiger partial charge on any atom is -0.334 e. The van der Waals surface area contributed by atoms with Gasteiger partial charge in [-0.2, -0.15) is 0 Å². The Kier molecular flexibility index (Phi) is 6.09. The van der Waals surface area contributed by atoms with Crippen LogP contribution in [0.3, 0.4) is 0 Å². The molecule has 0 N–H and O–H groups in total. The van der Waals surface area contributed by atoms with Gasteiger partial charge in [0.1, 0.15) is 4.88 Å². The van der Waals surface area contributed by atoms with Crippen molar-refractivity contribution in [3.63, 3.8) is 0 Å². The zero-order valence-corrected chi connectivity index (χ0v) is 13.1. The second-order valence-corrected chi connectivity index (χ2v) is 5.89. The molecule has 0 atom stereocenters. The van der Waals surface area contributed by atoms with Crippen LogP contribution < -0.4 is 0 Å². The van der Waals surface area contributed by atoms with E-state index < -0.39 is 0 Å². The van der Waals surface area contributed by atoms with Gasteiger partial charge in [-0.05, 0) is 26.7 Å². The first-order chi connectivity index (χ1) is 8.54. The van der Waals surface area contributed by atoms with Crippen LogP contribution in [0, 0.1) is 13.8 Å². The van der Waals surface area contributed by atoms with E-state index >= 15 is 0 Å². The fourth-order valence-corrected chi connectivity index (χ4v) is 3.19. The number of hydrogen-bond acceptors (Lipinski definition) is 3. The van der Waals surface area contributed by atoms with Crippen LogP contribution in [0.4, 0.5) is 0 Å². The van der Waals surface area contributed by atoms with Crippen LogP contribution in [0.25, 0.3) is 0 Å². The maximum Gasteiger partial charge on any atom is 0.266 e. The lowest BCUT2D eigenvalue weighted by Gasteiger charge is -2.29. The molecule has 0 saturated heterocycles. The van der Waals surface area contributed by atoms with Crippen molar-refractivity contribution in [3.8, 4) is 0 Å². The molecule has 0 aliphatic carbocycles. The molecular formula is C13H21ClN2OS. The summed E-state index contributed by atoms with van der Waals surface area (Å²) in [7, 11) is 0. The number of amides is 1. The van der Waals surface area contributed by atoms with E-state index in [2.05, 4.69) is 18.8 Å². The lowest BCUT2D eigenvalue weighted by atomic mass is 10.1. The molecular weight excluding hydrogens is 268 g/mol. The van der Waals surface area contributed by atoms with Gasteiger partial charge >= 0.3 is 0 Å². The number of aromatic nitrogens is 1. The smallest absolute Gasteiger partial charge is 0.266 e. The Balaban J connectivity index is 2.98. The van der Waals surface area contributed by atoms with E-state index in [1.165, 1.54) is 11.3 Å². The highest BCUT2D eigenvalue weighted by molar-refractivity contribution is 7.13. The summed E-state index contributed by atoms with van der Waals surface area (Å²) in [6.07, 6.45) is 1.91. The normalized spacial score (nSPS) is 11.0. The third kappa shape index (κ3) is 3.45. The first-order valence-corrected chi connectivity index (χ1v) is 7.71. The van der Waals surface area contributed by atoms with Crippen molar-refractivity contribution in [2.75, 3.05) is 12.4 Å². The van der Waals surface area contributed by atoms with E-state index in [9.17, 15) is 4.79 Å². The van der Waals surface area contributed by atoms with Gasteiger partial charge in [0.05, 0.1) is 10.7 Å². The van der Waals surface area contributed by atoms with E-state index in [-0.39, 0.29) is 11.9 Å². The SMILES string of the molecule is CCC(CC)N(CCCl)C(=O)c1sc(C)nc1C. The van der Waals surface area contributed by atoms with Crippen LogP contribution in [0.1, 0.15) is 47.1 Å². The van der Waals surface area contributed by atoms with E-state index in [4.69, 9.17) is 11.6 Å². The van der Waals surface area contributed by atoms with Gasteiger partial charge in [0.25, 0.3) is 5.91 Å². The van der Waals surface area contributed by atoms with Crippen LogP contribution in [0.15, 0.2) is 0 Å². The molecule has 102 valence electrons. The molecule has 5 heteroatoms. The highest BCUT2D eigenvalue weighted by Crippen LogP contribution is 2.21. The molecule has 0 unspecified atom stereocenters. The Labute approximate surface area is 118 Å². The lowest BCUT2D eigenvalue weighted by Crippen LogP contribution is -2.41. The zero-order chi connectivity index (χ0) is 13.7. The van der Waals surface area contributed by atoms with Gasteiger partial charge in [-0.15, -0.1) is 22.9 Å². The monoisotopic (exact) mass is 288 g/mol. The van der Waals surface area contributed by atoms with Crippen LogP contribution >= 0.6 is 22.9 Å². The van der Waals surface area contributed by atoms with Crippen LogP contribution in [-0.4, -0.2) is 34.3 Å². The van der Waals surface area contributed by atoms with E-state index in [0.717, 1.165) is 28.4 Å². The van der Waals surface area contributed by atoms with Crippen molar-refractivity contribution in [1.29, 1.82) is 0 Å². The van der Waals surface area contributed by atoms with Gasteiger partial charge in [-0.3, -0.25) is 4.79 Å². The van der Waals surface area contributed by atoms with Crippen molar-refractivity contribution in [2.24, 2.45) is 0 Å². The third-order valence-electron chi connectivity index (χ3n) is 3.07. The molecule has 1 aromatic heterocycles. The van der Waals surface area contributed by atoms with E-state index in [0.29, 0.717) is 12.4 Å². The molecule has 1 aromatic rings. The Bertz CT molecular complexity index is 402. The summed E-state index contributed by atoms with van der Waals surface area (Å²) in [4.78, 5) is 19.5. The number of thiazole rings is 1. The zero-order valence-electron chi connectivity index (χ0n) is 11.5. The van der Waals surface area contributed by atoms with Crippen molar-refractivity contribution < 1.29 is 4.79 Å². The summed E-state index contributed by atoms with van der Waals surface area (Å²) < 4.78 is 0. The molecule has 18 heavy (non-hydrogen) atoms. The van der Waals surface area contributed by atoms with Crippen molar-refractivity contribution in [3.05, 3.63) is 15.6 Å². The topological polar surface area (TPSA) is 33.2 Å². The minimum absolute atomic E-state index is 0.0763. The molecule has 0 saturated carbocycles. The number of aryl methyl sites for hydroxylation is 2. The molecule has 3 nitrogen and oxygen atoms in total. The Hall–Kier alpha value is -0.610. The number of carbonyl (C=O) groups is 1. The van der Waals surface area contributed by atoms with E-state index in [1.54, 1.807) is 0 Å². The summed E-state index contributed by atoms with van der Waals surface area (Å²) in [6.45, 7) is 8.63. The number of hydrogen-bond donors (Lipinski definition) is 0. The number of nitrogens with zero attached hydrogens (tertiary/aromatic N) is 2. The molecule has 1 amide bonds. The van der Waals surface area contributed by atoms with Gasteiger partial charge in [-0.25, -0.2) is 4.98 Å². The van der Waals surface area contributed by atoms with Crippen LogP contribution in [-0.2, 0) is 0 Å². The second kappa shape index (κ2) is 7.10. The standard InChI is InChI=1S/C13H21ClN2OS/c1-5-11(6-2)16(8-7-14)13(17)12-9(3)15-10(4)18-12/h11H,5-8H2,1-4H3. The highest BCUT2D eigenvalue weighted by atomic mass is 35.5. The van der Waals surface area contributed by atoms with Gasteiger partial charge in [0, 0.05) is 18.5 Å². The molecule has 0 fully saturated rings. The number of alkyl halides is 1. The summed E-state index contributed by atoms with van der Waals surface area (Å²) >= 11 is 7.29. The molecule has 1 rings (SSSR count). The van der Waals surface area contributed by atoms with Gasteiger partial charge in [0.2, 0.25) is 0 Å². The largest absolute Gasteiger partial charge is 0.334 e. The lowest BCUT2D eigenvalue weighted by molar-refractivity contribution is 0.0685. The minimum atomic E-state index is 0.0763. The highest BCUT2D eigenvalue weighted by Gasteiger charge is 2.25. The third-order valence-corrected chi connectivity index (χ3v) is 4.30. The summed E-state index contributed by atoms with van der Waals surface area (Å²) in [5.74, 6) is 0.548. The van der Waals surface area contributed by atoms with Gasteiger partial charge in [-0.1, -0.05) is 13.8 Å².